The lowest BCUT2D eigenvalue weighted by Crippen LogP contribution is -2.69. The van der Waals surface area contributed by atoms with Crippen LogP contribution in [0.5, 0.6) is 0 Å². The van der Waals surface area contributed by atoms with E-state index in [1.165, 1.54) is 38.6 Å². The molecule has 0 amide bonds. The molecule has 0 aromatic carbocycles. The van der Waals surface area contributed by atoms with Crippen LogP contribution in [0, 0.1) is 11.3 Å². The number of hydrogen-bond acceptors (Lipinski definition) is 1. The van der Waals surface area contributed by atoms with Gasteiger partial charge in [0.15, 0.2) is 0 Å². The molecule has 2 aliphatic carbocycles. The number of rotatable bonds is 0. The van der Waals surface area contributed by atoms with Crippen molar-refractivity contribution in [2.24, 2.45) is 11.3 Å². The molecule has 3 rings (SSSR count). The zero-order valence-corrected chi connectivity index (χ0v) is 9.84. The summed E-state index contributed by atoms with van der Waals surface area (Å²) in [6, 6.07) is 0.954. The Kier molecular flexibility index (Phi) is 1.68. The van der Waals surface area contributed by atoms with Gasteiger partial charge in [-0.25, -0.2) is 0 Å². The van der Waals surface area contributed by atoms with Crippen LogP contribution in [0.25, 0.3) is 0 Å². The molecule has 0 aromatic rings. The molecular weight excluding hydrogens is 170 g/mol. The van der Waals surface area contributed by atoms with E-state index in [1.807, 2.05) is 0 Å². The van der Waals surface area contributed by atoms with E-state index in [1.54, 1.807) is 0 Å². The Morgan fingerprint density at radius 3 is 2.21 bits per heavy atom. The third-order valence-corrected chi connectivity index (χ3v) is 5.27. The lowest BCUT2D eigenvalue weighted by Gasteiger charge is -2.69. The summed E-state index contributed by atoms with van der Waals surface area (Å²) in [5.41, 5.74) is 1.21. The Balaban J connectivity index is 1.84. The fourth-order valence-corrected chi connectivity index (χ4v) is 4.28. The van der Waals surface area contributed by atoms with Crippen molar-refractivity contribution in [2.45, 2.75) is 64.5 Å². The van der Waals surface area contributed by atoms with Crippen molar-refractivity contribution in [2.75, 3.05) is 6.54 Å². The molecule has 1 spiro atoms. The standard InChI is InChI=1S/C13H23N/c1-12(2,3)14-9-6-10-4-7-13(10)8-5-11(13)14/h10-11H,4-9H2,1-3H3. The smallest absolute Gasteiger partial charge is 0.0160 e. The van der Waals surface area contributed by atoms with Crippen molar-refractivity contribution in [3.05, 3.63) is 0 Å². The van der Waals surface area contributed by atoms with Crippen molar-refractivity contribution >= 4 is 0 Å². The first-order valence-electron chi connectivity index (χ1n) is 6.31. The highest BCUT2D eigenvalue weighted by Crippen LogP contribution is 2.65. The summed E-state index contributed by atoms with van der Waals surface area (Å²) >= 11 is 0. The minimum absolute atomic E-state index is 0.401. The van der Waals surface area contributed by atoms with Gasteiger partial charge in [-0.05, 0) is 70.8 Å². The molecule has 80 valence electrons. The van der Waals surface area contributed by atoms with Crippen LogP contribution in [0.15, 0.2) is 0 Å². The zero-order chi connectivity index (χ0) is 9.97. The van der Waals surface area contributed by atoms with Crippen LogP contribution >= 0.6 is 0 Å². The lowest BCUT2D eigenvalue weighted by molar-refractivity contribution is -0.190. The summed E-state index contributed by atoms with van der Waals surface area (Å²) in [4.78, 5) is 2.80. The molecule has 1 saturated heterocycles. The van der Waals surface area contributed by atoms with Crippen molar-refractivity contribution in [3.8, 4) is 0 Å². The Morgan fingerprint density at radius 2 is 1.79 bits per heavy atom. The Bertz CT molecular complexity index is 248. The topological polar surface area (TPSA) is 3.24 Å². The van der Waals surface area contributed by atoms with Gasteiger partial charge in [0.1, 0.15) is 0 Å². The highest BCUT2D eigenvalue weighted by atomic mass is 15.2. The van der Waals surface area contributed by atoms with Crippen LogP contribution in [0.4, 0.5) is 0 Å². The van der Waals surface area contributed by atoms with Gasteiger partial charge in [0, 0.05) is 11.6 Å². The maximum atomic E-state index is 2.80. The second-order valence-electron chi connectivity index (χ2n) is 6.68. The summed E-state index contributed by atoms with van der Waals surface area (Å²) in [6.45, 7) is 8.52. The number of piperidine rings is 1. The summed E-state index contributed by atoms with van der Waals surface area (Å²) in [7, 11) is 0. The largest absolute Gasteiger partial charge is 0.295 e. The quantitative estimate of drug-likeness (QED) is 0.571. The van der Waals surface area contributed by atoms with Gasteiger partial charge in [-0.3, -0.25) is 4.90 Å². The maximum absolute atomic E-state index is 2.80. The molecule has 1 aliphatic heterocycles. The monoisotopic (exact) mass is 193 g/mol. The molecule has 1 heteroatoms. The zero-order valence-electron chi connectivity index (χ0n) is 9.84. The fourth-order valence-electron chi connectivity index (χ4n) is 4.28. The average molecular weight is 193 g/mol. The van der Waals surface area contributed by atoms with E-state index in [4.69, 9.17) is 0 Å². The van der Waals surface area contributed by atoms with Gasteiger partial charge in [-0.1, -0.05) is 0 Å². The Morgan fingerprint density at radius 1 is 1.07 bits per heavy atom. The van der Waals surface area contributed by atoms with E-state index >= 15 is 0 Å². The summed E-state index contributed by atoms with van der Waals surface area (Å²) in [5, 5.41) is 0. The van der Waals surface area contributed by atoms with Gasteiger partial charge in [0.2, 0.25) is 0 Å². The van der Waals surface area contributed by atoms with Gasteiger partial charge in [-0.2, -0.15) is 0 Å². The van der Waals surface area contributed by atoms with E-state index in [-0.39, 0.29) is 0 Å². The summed E-state index contributed by atoms with van der Waals surface area (Å²) < 4.78 is 0. The molecular formula is C13H23N. The fraction of sp³-hybridized carbons (Fsp3) is 1.00. The minimum Gasteiger partial charge on any atom is -0.295 e. The SMILES string of the molecule is CC(C)(C)N1CCC2CCC23CCC13. The molecule has 3 fully saturated rings. The molecule has 14 heavy (non-hydrogen) atoms. The van der Waals surface area contributed by atoms with E-state index < -0.39 is 0 Å². The van der Waals surface area contributed by atoms with Crippen molar-refractivity contribution < 1.29 is 0 Å². The third-order valence-electron chi connectivity index (χ3n) is 5.27. The number of likely N-dealkylation sites (tertiary alicyclic amines) is 1. The second-order valence-corrected chi connectivity index (χ2v) is 6.68. The first-order valence-corrected chi connectivity index (χ1v) is 6.31. The molecule has 0 N–H and O–H groups in total. The molecule has 0 bridgehead atoms. The molecule has 0 aromatic heterocycles. The normalized spacial score (nSPS) is 47.4. The van der Waals surface area contributed by atoms with Crippen LogP contribution in [-0.4, -0.2) is 23.0 Å². The predicted octanol–water partition coefficient (Wildman–Crippen LogP) is 3.05. The van der Waals surface area contributed by atoms with Crippen LogP contribution < -0.4 is 0 Å². The maximum Gasteiger partial charge on any atom is 0.0160 e. The van der Waals surface area contributed by atoms with Gasteiger partial charge in [-0.15, -0.1) is 0 Å². The van der Waals surface area contributed by atoms with E-state index in [0.717, 1.165) is 17.4 Å². The van der Waals surface area contributed by atoms with Crippen molar-refractivity contribution in [1.82, 2.24) is 4.90 Å². The lowest BCUT2D eigenvalue weighted by atomic mass is 9.44. The predicted molar refractivity (Wildman–Crippen MR) is 59.3 cm³/mol. The molecule has 3 aliphatic rings. The van der Waals surface area contributed by atoms with Gasteiger partial charge >= 0.3 is 0 Å². The number of hydrogen-bond donors (Lipinski definition) is 0. The molecule has 0 radical (unpaired) electrons. The van der Waals surface area contributed by atoms with E-state index in [2.05, 4.69) is 25.7 Å². The highest BCUT2D eigenvalue weighted by Gasteiger charge is 2.61. The Hall–Kier alpha value is -0.0400. The van der Waals surface area contributed by atoms with Gasteiger partial charge in [0.25, 0.3) is 0 Å². The first-order chi connectivity index (χ1) is 6.54. The summed E-state index contributed by atoms with van der Waals surface area (Å²) in [5.74, 6) is 1.11. The molecule has 3 atom stereocenters. The van der Waals surface area contributed by atoms with Crippen molar-refractivity contribution in [3.63, 3.8) is 0 Å². The van der Waals surface area contributed by atoms with Gasteiger partial charge < -0.3 is 0 Å². The molecule has 2 saturated carbocycles. The minimum atomic E-state index is 0.401. The first kappa shape index (κ1) is 9.21. The van der Waals surface area contributed by atoms with Gasteiger partial charge in [0.05, 0.1) is 0 Å². The van der Waals surface area contributed by atoms with Crippen LogP contribution in [0.2, 0.25) is 0 Å². The Labute approximate surface area is 87.9 Å². The molecule has 1 heterocycles. The van der Waals surface area contributed by atoms with Crippen LogP contribution in [0.1, 0.15) is 52.9 Å². The highest BCUT2D eigenvalue weighted by molar-refractivity contribution is 5.14. The number of nitrogens with zero attached hydrogens (tertiary/aromatic N) is 1. The van der Waals surface area contributed by atoms with Crippen LogP contribution in [-0.2, 0) is 0 Å². The average Bonchev–Trinajstić information content (AvgIpc) is 1.94. The molecule has 3 unspecified atom stereocenters. The van der Waals surface area contributed by atoms with Crippen molar-refractivity contribution in [1.29, 1.82) is 0 Å². The van der Waals surface area contributed by atoms with E-state index in [9.17, 15) is 0 Å². The van der Waals surface area contributed by atoms with Crippen LogP contribution in [0.3, 0.4) is 0 Å². The third kappa shape index (κ3) is 0.946. The summed E-state index contributed by atoms with van der Waals surface area (Å²) in [6.07, 6.45) is 7.57. The second kappa shape index (κ2) is 2.55. The molecule has 1 nitrogen and oxygen atoms in total. The van der Waals surface area contributed by atoms with E-state index in [0.29, 0.717) is 5.54 Å².